The number of alkyl halides is 3. The van der Waals surface area contributed by atoms with Gasteiger partial charge >= 0.3 is 6.18 Å². The first-order valence-corrected chi connectivity index (χ1v) is 5.16. The first-order valence-electron chi connectivity index (χ1n) is 4.37. The van der Waals surface area contributed by atoms with E-state index in [1.165, 1.54) is 0 Å². The van der Waals surface area contributed by atoms with Crippen LogP contribution in [0.15, 0.2) is 17.2 Å². The van der Waals surface area contributed by atoms with Crippen molar-refractivity contribution in [2.24, 2.45) is 10.8 Å². The third-order valence-electron chi connectivity index (χ3n) is 1.81. The lowest BCUT2D eigenvalue weighted by atomic mass is 10.1. The SMILES string of the molecule is NC(=S)NN=Cc1c(C(F)(F)F)ccc(Cl)c1F. The second kappa shape index (κ2) is 5.49. The summed E-state index contributed by atoms with van der Waals surface area (Å²) in [5, 5.41) is 2.57. The van der Waals surface area contributed by atoms with E-state index in [2.05, 4.69) is 17.3 Å². The third kappa shape index (κ3) is 3.54. The Morgan fingerprint density at radius 1 is 1.44 bits per heavy atom. The van der Waals surface area contributed by atoms with Crippen molar-refractivity contribution in [3.63, 3.8) is 0 Å². The van der Waals surface area contributed by atoms with Gasteiger partial charge in [0.1, 0.15) is 0 Å². The molecule has 1 aromatic carbocycles. The number of hydrogen-bond acceptors (Lipinski definition) is 2. The Bertz CT molecular complexity index is 501. The van der Waals surface area contributed by atoms with Crippen LogP contribution < -0.4 is 11.2 Å². The van der Waals surface area contributed by atoms with Gasteiger partial charge < -0.3 is 5.73 Å². The molecule has 3 N–H and O–H groups in total. The highest BCUT2D eigenvalue weighted by atomic mass is 35.5. The number of hydrazone groups is 1. The van der Waals surface area contributed by atoms with Gasteiger partial charge in [-0.2, -0.15) is 18.3 Å². The number of nitrogens with two attached hydrogens (primary N) is 1. The number of thiocarbonyl (C=S) groups is 1. The molecule has 0 aliphatic heterocycles. The first kappa shape index (κ1) is 14.7. The summed E-state index contributed by atoms with van der Waals surface area (Å²) in [6.07, 6.45) is -4.11. The second-order valence-electron chi connectivity index (χ2n) is 3.05. The van der Waals surface area contributed by atoms with Crippen LogP contribution >= 0.6 is 23.8 Å². The molecule has 9 heteroatoms. The monoisotopic (exact) mass is 299 g/mol. The molecule has 0 fully saturated rings. The smallest absolute Gasteiger partial charge is 0.375 e. The summed E-state index contributed by atoms with van der Waals surface area (Å²) >= 11 is 9.79. The van der Waals surface area contributed by atoms with Gasteiger partial charge in [0, 0.05) is 5.56 Å². The molecule has 1 aromatic rings. The highest BCUT2D eigenvalue weighted by Gasteiger charge is 2.34. The maximum atomic E-state index is 13.5. The summed E-state index contributed by atoms with van der Waals surface area (Å²) in [6, 6.07) is 1.48. The molecule has 0 saturated carbocycles. The Hall–Kier alpha value is -1.41. The van der Waals surface area contributed by atoms with Gasteiger partial charge in [-0.3, -0.25) is 5.43 Å². The normalized spacial score (nSPS) is 11.8. The summed E-state index contributed by atoms with van der Waals surface area (Å²) in [6.45, 7) is 0. The van der Waals surface area contributed by atoms with Gasteiger partial charge in [0.2, 0.25) is 0 Å². The van der Waals surface area contributed by atoms with Crippen molar-refractivity contribution in [3.8, 4) is 0 Å². The van der Waals surface area contributed by atoms with Gasteiger partial charge in [0.05, 0.1) is 16.8 Å². The number of hydrogen-bond donors (Lipinski definition) is 2. The molecule has 0 bridgehead atoms. The van der Waals surface area contributed by atoms with Gasteiger partial charge in [-0.25, -0.2) is 4.39 Å². The molecule has 0 unspecified atom stereocenters. The number of halogens is 5. The van der Waals surface area contributed by atoms with Crippen molar-refractivity contribution in [1.82, 2.24) is 5.43 Å². The Kier molecular flexibility index (Phi) is 4.47. The molecule has 0 amide bonds. The van der Waals surface area contributed by atoms with E-state index in [1.54, 1.807) is 0 Å². The predicted octanol–water partition coefficient (Wildman–Crippen LogP) is 2.67. The number of nitrogens with one attached hydrogen (secondary N) is 1. The summed E-state index contributed by atoms with van der Waals surface area (Å²) in [5.74, 6) is -1.22. The molecule has 0 aliphatic carbocycles. The van der Waals surface area contributed by atoms with Gasteiger partial charge in [-0.15, -0.1) is 0 Å². The molecule has 0 radical (unpaired) electrons. The number of rotatable bonds is 2. The molecule has 1 rings (SSSR count). The first-order chi connectivity index (χ1) is 8.23. The second-order valence-corrected chi connectivity index (χ2v) is 3.90. The zero-order chi connectivity index (χ0) is 13.9. The lowest BCUT2D eigenvalue weighted by Gasteiger charge is -2.11. The van der Waals surface area contributed by atoms with Crippen molar-refractivity contribution < 1.29 is 17.6 Å². The zero-order valence-electron chi connectivity index (χ0n) is 8.55. The van der Waals surface area contributed by atoms with Gasteiger partial charge in [0.15, 0.2) is 10.9 Å². The van der Waals surface area contributed by atoms with Crippen LogP contribution in [0.4, 0.5) is 17.6 Å². The van der Waals surface area contributed by atoms with Gasteiger partial charge in [0.25, 0.3) is 0 Å². The molecule has 98 valence electrons. The molecule has 0 spiro atoms. The van der Waals surface area contributed by atoms with Crippen molar-refractivity contribution >= 4 is 35.1 Å². The summed E-state index contributed by atoms with van der Waals surface area (Å²) in [7, 11) is 0. The van der Waals surface area contributed by atoms with Crippen LogP contribution in [0.25, 0.3) is 0 Å². The summed E-state index contributed by atoms with van der Waals surface area (Å²) in [5.41, 5.74) is 5.04. The molecular formula is C9H6ClF4N3S. The van der Waals surface area contributed by atoms with E-state index in [0.717, 1.165) is 6.07 Å². The Labute approximate surface area is 110 Å². The lowest BCUT2D eigenvalue weighted by Crippen LogP contribution is -2.24. The van der Waals surface area contributed by atoms with E-state index in [-0.39, 0.29) is 5.11 Å². The van der Waals surface area contributed by atoms with Crippen molar-refractivity contribution in [2.75, 3.05) is 0 Å². The van der Waals surface area contributed by atoms with Crippen molar-refractivity contribution in [1.29, 1.82) is 0 Å². The fraction of sp³-hybridized carbons (Fsp3) is 0.111. The van der Waals surface area contributed by atoms with Crippen LogP contribution in [-0.2, 0) is 6.18 Å². The average molecular weight is 300 g/mol. The minimum Gasteiger partial charge on any atom is -0.375 e. The number of nitrogens with zero attached hydrogens (tertiary/aromatic N) is 1. The van der Waals surface area contributed by atoms with Crippen molar-refractivity contribution in [2.45, 2.75) is 6.18 Å². The van der Waals surface area contributed by atoms with Crippen LogP contribution in [0, 0.1) is 5.82 Å². The van der Waals surface area contributed by atoms with Crippen LogP contribution in [0.5, 0.6) is 0 Å². The predicted molar refractivity (Wildman–Crippen MR) is 63.9 cm³/mol. The van der Waals surface area contributed by atoms with Crippen LogP contribution in [-0.4, -0.2) is 11.3 Å². The molecular weight excluding hydrogens is 294 g/mol. The van der Waals surface area contributed by atoms with Gasteiger partial charge in [-0.05, 0) is 24.4 Å². The van der Waals surface area contributed by atoms with E-state index in [0.29, 0.717) is 12.3 Å². The molecule has 0 heterocycles. The van der Waals surface area contributed by atoms with Crippen LogP contribution in [0.1, 0.15) is 11.1 Å². The maximum absolute atomic E-state index is 13.5. The van der Waals surface area contributed by atoms with E-state index >= 15 is 0 Å². The largest absolute Gasteiger partial charge is 0.417 e. The molecule has 0 atom stereocenters. The third-order valence-corrected chi connectivity index (χ3v) is 2.19. The highest BCUT2D eigenvalue weighted by molar-refractivity contribution is 7.80. The van der Waals surface area contributed by atoms with Crippen LogP contribution in [0.3, 0.4) is 0 Å². The number of benzene rings is 1. The maximum Gasteiger partial charge on any atom is 0.417 e. The van der Waals surface area contributed by atoms with E-state index in [1.807, 2.05) is 5.43 Å². The van der Waals surface area contributed by atoms with Crippen LogP contribution in [0.2, 0.25) is 5.02 Å². The van der Waals surface area contributed by atoms with E-state index in [9.17, 15) is 17.6 Å². The summed E-state index contributed by atoms with van der Waals surface area (Å²) in [4.78, 5) is 0. The molecule has 0 aromatic heterocycles. The molecule has 3 nitrogen and oxygen atoms in total. The van der Waals surface area contributed by atoms with Gasteiger partial charge in [-0.1, -0.05) is 11.6 Å². The standard InChI is InChI=1S/C9H6ClF4N3S/c10-6-2-1-5(9(12,13)14)4(7(6)11)3-16-17-8(15)18/h1-3H,(H3,15,17,18). The lowest BCUT2D eigenvalue weighted by molar-refractivity contribution is -0.137. The zero-order valence-corrected chi connectivity index (χ0v) is 10.1. The highest BCUT2D eigenvalue weighted by Crippen LogP contribution is 2.34. The Morgan fingerprint density at radius 2 is 2.06 bits per heavy atom. The topological polar surface area (TPSA) is 50.4 Å². The summed E-state index contributed by atoms with van der Waals surface area (Å²) < 4.78 is 51.3. The molecule has 0 saturated heterocycles. The molecule has 0 aliphatic rings. The average Bonchev–Trinajstić information content (AvgIpc) is 2.22. The quantitative estimate of drug-likeness (QED) is 0.382. The Balaban J connectivity index is 3.26. The fourth-order valence-corrected chi connectivity index (χ4v) is 1.32. The van der Waals surface area contributed by atoms with Crippen molar-refractivity contribution in [3.05, 3.63) is 34.1 Å². The van der Waals surface area contributed by atoms with E-state index in [4.69, 9.17) is 17.3 Å². The minimum atomic E-state index is -4.73. The fourth-order valence-electron chi connectivity index (χ4n) is 1.10. The minimum absolute atomic E-state index is 0.262. The van der Waals surface area contributed by atoms with E-state index < -0.39 is 28.1 Å². The Morgan fingerprint density at radius 3 is 2.56 bits per heavy atom. The molecule has 18 heavy (non-hydrogen) atoms.